The van der Waals surface area contributed by atoms with Gasteiger partial charge in [0.05, 0.1) is 11.0 Å². The maximum atomic E-state index is 11.5. The Bertz CT molecular complexity index is 242. The van der Waals surface area contributed by atoms with E-state index in [4.69, 9.17) is 0 Å². The van der Waals surface area contributed by atoms with E-state index in [2.05, 4.69) is 0 Å². The highest BCUT2D eigenvalue weighted by molar-refractivity contribution is 5.75. The number of aliphatic carboxylic acids is 1. The van der Waals surface area contributed by atoms with Crippen LogP contribution < -0.4 is 0 Å². The van der Waals surface area contributed by atoms with Gasteiger partial charge in [-0.3, -0.25) is 4.79 Å². The Kier molecular flexibility index (Phi) is 3.44. The average Bonchev–Trinajstić information content (AvgIpc) is 2.06. The molecule has 1 fully saturated rings. The van der Waals surface area contributed by atoms with Gasteiger partial charge in [0.15, 0.2) is 0 Å². The second-order valence-corrected chi connectivity index (χ2v) is 5.60. The van der Waals surface area contributed by atoms with E-state index in [0.717, 1.165) is 19.3 Å². The summed E-state index contributed by atoms with van der Waals surface area (Å²) in [7, 11) is 0. The molecule has 88 valence electrons. The Morgan fingerprint density at radius 1 is 1.47 bits per heavy atom. The SMILES string of the molecule is CC1CCCCC1(CC(C)(C)O)C(=O)O. The van der Waals surface area contributed by atoms with E-state index in [1.807, 2.05) is 6.92 Å². The minimum absolute atomic E-state index is 0.162. The van der Waals surface area contributed by atoms with E-state index in [9.17, 15) is 15.0 Å². The molecule has 0 aliphatic heterocycles. The van der Waals surface area contributed by atoms with Crippen molar-refractivity contribution in [3.63, 3.8) is 0 Å². The van der Waals surface area contributed by atoms with E-state index in [0.29, 0.717) is 12.8 Å². The second-order valence-electron chi connectivity index (χ2n) is 5.60. The standard InChI is InChI=1S/C12H22O3/c1-9-6-4-5-7-12(9,10(13)14)8-11(2,3)15/h9,15H,4-8H2,1-3H3,(H,13,14). The van der Waals surface area contributed by atoms with Crippen molar-refractivity contribution in [3.8, 4) is 0 Å². The van der Waals surface area contributed by atoms with E-state index in [-0.39, 0.29) is 5.92 Å². The average molecular weight is 214 g/mol. The molecule has 0 radical (unpaired) electrons. The summed E-state index contributed by atoms with van der Waals surface area (Å²) < 4.78 is 0. The maximum Gasteiger partial charge on any atom is 0.310 e. The third kappa shape index (κ3) is 2.71. The summed E-state index contributed by atoms with van der Waals surface area (Å²) in [5, 5.41) is 19.2. The zero-order valence-electron chi connectivity index (χ0n) is 9.92. The van der Waals surface area contributed by atoms with Gasteiger partial charge < -0.3 is 10.2 Å². The first-order valence-electron chi connectivity index (χ1n) is 5.74. The van der Waals surface area contributed by atoms with Gasteiger partial charge in [-0.15, -0.1) is 0 Å². The van der Waals surface area contributed by atoms with Gasteiger partial charge in [0.1, 0.15) is 0 Å². The minimum Gasteiger partial charge on any atom is -0.481 e. The quantitative estimate of drug-likeness (QED) is 0.758. The summed E-state index contributed by atoms with van der Waals surface area (Å²) in [5.41, 5.74) is -1.61. The predicted octanol–water partition coefficient (Wildman–Crippen LogP) is 2.43. The first kappa shape index (κ1) is 12.5. The van der Waals surface area contributed by atoms with E-state index < -0.39 is 17.0 Å². The van der Waals surface area contributed by atoms with Crippen LogP contribution in [0.15, 0.2) is 0 Å². The molecule has 3 nitrogen and oxygen atoms in total. The van der Waals surface area contributed by atoms with Crippen LogP contribution in [0, 0.1) is 11.3 Å². The number of rotatable bonds is 3. The van der Waals surface area contributed by atoms with Crippen molar-refractivity contribution in [2.45, 2.75) is 58.5 Å². The van der Waals surface area contributed by atoms with Crippen LogP contribution in [0.1, 0.15) is 52.9 Å². The van der Waals surface area contributed by atoms with Crippen molar-refractivity contribution in [3.05, 3.63) is 0 Å². The van der Waals surface area contributed by atoms with Crippen molar-refractivity contribution in [1.82, 2.24) is 0 Å². The Morgan fingerprint density at radius 3 is 2.47 bits per heavy atom. The monoisotopic (exact) mass is 214 g/mol. The molecule has 1 rings (SSSR count). The number of carboxylic acid groups (broad SMARTS) is 1. The van der Waals surface area contributed by atoms with Crippen LogP contribution in [0.4, 0.5) is 0 Å². The van der Waals surface area contributed by atoms with Gasteiger partial charge in [-0.05, 0) is 39.0 Å². The van der Waals surface area contributed by atoms with Crippen molar-refractivity contribution < 1.29 is 15.0 Å². The van der Waals surface area contributed by atoms with Crippen LogP contribution in [-0.4, -0.2) is 21.8 Å². The first-order valence-corrected chi connectivity index (χ1v) is 5.74. The Hall–Kier alpha value is -0.570. The molecule has 0 amide bonds. The molecule has 0 spiro atoms. The van der Waals surface area contributed by atoms with Gasteiger partial charge in [-0.2, -0.15) is 0 Å². The molecule has 2 unspecified atom stereocenters. The number of aliphatic hydroxyl groups is 1. The topological polar surface area (TPSA) is 57.5 Å². The third-order valence-corrected chi connectivity index (χ3v) is 3.63. The first-order chi connectivity index (χ1) is 6.78. The highest BCUT2D eigenvalue weighted by Gasteiger charge is 2.47. The van der Waals surface area contributed by atoms with Crippen molar-refractivity contribution >= 4 is 5.97 Å². The largest absolute Gasteiger partial charge is 0.481 e. The zero-order valence-corrected chi connectivity index (χ0v) is 9.92. The summed E-state index contributed by atoms with van der Waals surface area (Å²) in [4.78, 5) is 11.5. The maximum absolute atomic E-state index is 11.5. The molecule has 0 heterocycles. The van der Waals surface area contributed by atoms with Gasteiger partial charge in [-0.25, -0.2) is 0 Å². The lowest BCUT2D eigenvalue weighted by Gasteiger charge is -2.42. The molecule has 0 aromatic carbocycles. The molecule has 1 aliphatic rings. The van der Waals surface area contributed by atoms with E-state index >= 15 is 0 Å². The lowest BCUT2D eigenvalue weighted by Crippen LogP contribution is -2.45. The fraction of sp³-hybridized carbons (Fsp3) is 0.917. The predicted molar refractivity (Wildman–Crippen MR) is 58.6 cm³/mol. The molecule has 3 heteroatoms. The number of carboxylic acids is 1. The smallest absolute Gasteiger partial charge is 0.310 e. The molecule has 0 bridgehead atoms. The van der Waals surface area contributed by atoms with Crippen LogP contribution in [0.2, 0.25) is 0 Å². The highest BCUT2D eigenvalue weighted by Crippen LogP contribution is 2.46. The molecule has 1 saturated carbocycles. The number of carbonyl (C=O) groups is 1. The number of hydrogen-bond donors (Lipinski definition) is 2. The molecule has 1 aliphatic carbocycles. The zero-order chi connectivity index (χ0) is 11.7. The molecular weight excluding hydrogens is 192 g/mol. The van der Waals surface area contributed by atoms with E-state index in [1.54, 1.807) is 13.8 Å². The normalized spacial score (nSPS) is 32.7. The van der Waals surface area contributed by atoms with Crippen LogP contribution in [0.25, 0.3) is 0 Å². The van der Waals surface area contributed by atoms with E-state index in [1.165, 1.54) is 0 Å². The third-order valence-electron chi connectivity index (χ3n) is 3.63. The van der Waals surface area contributed by atoms with Gasteiger partial charge in [-0.1, -0.05) is 19.8 Å². The summed E-state index contributed by atoms with van der Waals surface area (Å²) >= 11 is 0. The van der Waals surface area contributed by atoms with Crippen molar-refractivity contribution in [2.24, 2.45) is 11.3 Å². The van der Waals surface area contributed by atoms with Gasteiger partial charge in [0.25, 0.3) is 0 Å². The molecule has 0 saturated heterocycles. The molecule has 0 aromatic heterocycles. The molecule has 2 atom stereocenters. The fourth-order valence-electron chi connectivity index (χ4n) is 2.84. The highest BCUT2D eigenvalue weighted by atomic mass is 16.4. The molecular formula is C12H22O3. The summed E-state index contributed by atoms with van der Waals surface area (Å²) in [6.07, 6.45) is 4.10. The van der Waals surface area contributed by atoms with Crippen LogP contribution in [0.3, 0.4) is 0 Å². The van der Waals surface area contributed by atoms with Gasteiger partial charge >= 0.3 is 5.97 Å². The molecule has 2 N–H and O–H groups in total. The second kappa shape index (κ2) is 4.12. The molecule has 15 heavy (non-hydrogen) atoms. The Labute approximate surface area is 91.5 Å². The summed E-state index contributed by atoms with van der Waals surface area (Å²) in [6.45, 7) is 5.39. The number of hydrogen-bond acceptors (Lipinski definition) is 2. The van der Waals surface area contributed by atoms with Crippen LogP contribution in [0.5, 0.6) is 0 Å². The summed E-state index contributed by atoms with van der Waals surface area (Å²) in [6, 6.07) is 0. The Morgan fingerprint density at radius 2 is 2.07 bits per heavy atom. The van der Waals surface area contributed by atoms with Crippen molar-refractivity contribution in [2.75, 3.05) is 0 Å². The molecule has 0 aromatic rings. The minimum atomic E-state index is -0.899. The fourth-order valence-corrected chi connectivity index (χ4v) is 2.84. The van der Waals surface area contributed by atoms with Gasteiger partial charge in [0.2, 0.25) is 0 Å². The van der Waals surface area contributed by atoms with Gasteiger partial charge in [0, 0.05) is 0 Å². The lowest BCUT2D eigenvalue weighted by molar-refractivity contribution is -0.160. The van der Waals surface area contributed by atoms with Crippen LogP contribution >= 0.6 is 0 Å². The lowest BCUT2D eigenvalue weighted by atomic mass is 9.62. The van der Waals surface area contributed by atoms with Crippen LogP contribution in [-0.2, 0) is 4.79 Å². The van der Waals surface area contributed by atoms with Crippen molar-refractivity contribution in [1.29, 1.82) is 0 Å². The summed E-state index contributed by atoms with van der Waals surface area (Å²) in [5.74, 6) is -0.577. The Balaban J connectivity index is 2.91.